The minimum Gasteiger partial charge on any atom is -0.378 e. The van der Waals surface area contributed by atoms with Gasteiger partial charge in [-0.25, -0.2) is 4.68 Å². The Bertz CT molecular complexity index is 364. The molecule has 0 aliphatic carbocycles. The van der Waals surface area contributed by atoms with Gasteiger partial charge in [-0.3, -0.25) is 10.1 Å². The number of aryl methyl sites for hydroxylation is 1. The van der Waals surface area contributed by atoms with Crippen molar-refractivity contribution in [3.05, 3.63) is 21.0 Å². The normalized spacial score (nSPS) is 10.6. The van der Waals surface area contributed by atoms with Gasteiger partial charge in [0.1, 0.15) is 0 Å². The zero-order chi connectivity index (χ0) is 11.4. The van der Waals surface area contributed by atoms with Crippen molar-refractivity contribution in [3.63, 3.8) is 0 Å². The van der Waals surface area contributed by atoms with Crippen molar-refractivity contribution >= 4 is 17.3 Å². The van der Waals surface area contributed by atoms with Crippen LogP contribution >= 0.6 is 11.6 Å². The largest absolute Gasteiger partial charge is 0.378 e. The molecule has 1 aromatic rings. The second-order valence-electron chi connectivity index (χ2n) is 3.00. The second kappa shape index (κ2) is 5.09. The van der Waals surface area contributed by atoms with Crippen molar-refractivity contribution < 1.29 is 9.66 Å². The topological polar surface area (TPSA) is 70.2 Å². The molecule has 0 aliphatic heterocycles. The van der Waals surface area contributed by atoms with E-state index in [2.05, 4.69) is 5.10 Å². The lowest BCUT2D eigenvalue weighted by Gasteiger charge is -1.96. The number of hydrogen-bond acceptors (Lipinski definition) is 4. The van der Waals surface area contributed by atoms with Gasteiger partial charge in [-0.1, -0.05) is 18.5 Å². The number of nitro groups is 1. The highest BCUT2D eigenvalue weighted by molar-refractivity contribution is 6.31. The predicted molar refractivity (Wildman–Crippen MR) is 54.9 cm³/mol. The lowest BCUT2D eigenvalue weighted by molar-refractivity contribution is -0.385. The smallest absolute Gasteiger partial charge is 0.331 e. The van der Waals surface area contributed by atoms with Crippen LogP contribution in [0.1, 0.15) is 19.0 Å². The maximum absolute atomic E-state index is 10.7. The molecule has 0 saturated carbocycles. The number of rotatable bonds is 5. The van der Waals surface area contributed by atoms with E-state index in [1.807, 2.05) is 6.92 Å². The van der Waals surface area contributed by atoms with Crippen molar-refractivity contribution in [1.29, 1.82) is 0 Å². The first-order valence-electron chi connectivity index (χ1n) is 4.50. The molecule has 0 N–H and O–H groups in total. The fourth-order valence-corrected chi connectivity index (χ4v) is 1.55. The maximum Gasteiger partial charge on any atom is 0.331 e. The minimum atomic E-state index is -0.532. The van der Waals surface area contributed by atoms with Crippen LogP contribution in [0, 0.1) is 10.1 Å². The molecule has 7 heteroatoms. The molecule has 0 amide bonds. The van der Waals surface area contributed by atoms with E-state index in [0.29, 0.717) is 6.54 Å². The zero-order valence-electron chi connectivity index (χ0n) is 8.57. The summed E-state index contributed by atoms with van der Waals surface area (Å²) in [5, 5.41) is 14.8. The third-order valence-electron chi connectivity index (χ3n) is 1.84. The molecule has 0 atom stereocenters. The van der Waals surface area contributed by atoms with Gasteiger partial charge in [0, 0.05) is 13.7 Å². The standard InChI is InChI=1S/C8H12ClN3O3/c1-3-4-11-8(9)7(12(13)14)6(10-11)5-15-2/h3-5H2,1-2H3. The van der Waals surface area contributed by atoms with Crippen LogP contribution < -0.4 is 0 Å². The summed E-state index contributed by atoms with van der Waals surface area (Å²) in [7, 11) is 1.45. The van der Waals surface area contributed by atoms with Crippen molar-refractivity contribution in [1.82, 2.24) is 9.78 Å². The molecule has 1 aromatic heterocycles. The number of hydrogen-bond donors (Lipinski definition) is 0. The van der Waals surface area contributed by atoms with Crippen LogP contribution in [0.25, 0.3) is 0 Å². The first kappa shape index (κ1) is 11.9. The summed E-state index contributed by atoms with van der Waals surface area (Å²) in [4.78, 5) is 10.2. The third kappa shape index (κ3) is 2.45. The quantitative estimate of drug-likeness (QED) is 0.576. The Kier molecular flexibility index (Phi) is 4.05. The van der Waals surface area contributed by atoms with Gasteiger partial charge in [0.2, 0.25) is 5.15 Å². The number of ether oxygens (including phenoxy) is 1. The van der Waals surface area contributed by atoms with E-state index in [-0.39, 0.29) is 23.1 Å². The summed E-state index contributed by atoms with van der Waals surface area (Å²) >= 11 is 5.84. The van der Waals surface area contributed by atoms with Crippen LogP contribution in [0.4, 0.5) is 5.69 Å². The second-order valence-corrected chi connectivity index (χ2v) is 3.36. The molecular formula is C8H12ClN3O3. The summed E-state index contributed by atoms with van der Waals surface area (Å²) < 4.78 is 6.25. The monoisotopic (exact) mass is 233 g/mol. The molecule has 1 heterocycles. The van der Waals surface area contributed by atoms with Crippen LogP contribution in [0.3, 0.4) is 0 Å². The predicted octanol–water partition coefficient (Wildman–Crippen LogP) is 2.00. The molecule has 0 bridgehead atoms. The first-order chi connectivity index (χ1) is 7.11. The fourth-order valence-electron chi connectivity index (χ4n) is 1.25. The Morgan fingerprint density at radius 3 is 2.80 bits per heavy atom. The van der Waals surface area contributed by atoms with Crippen molar-refractivity contribution in [2.75, 3.05) is 7.11 Å². The molecule has 0 aliphatic rings. The van der Waals surface area contributed by atoms with Crippen LogP contribution in [0.15, 0.2) is 0 Å². The average molecular weight is 234 g/mol. The molecule has 15 heavy (non-hydrogen) atoms. The van der Waals surface area contributed by atoms with Gasteiger partial charge in [0.25, 0.3) is 0 Å². The van der Waals surface area contributed by atoms with Crippen molar-refractivity contribution in [2.45, 2.75) is 26.5 Å². The van der Waals surface area contributed by atoms with Gasteiger partial charge in [-0.05, 0) is 6.42 Å². The Morgan fingerprint density at radius 2 is 2.33 bits per heavy atom. The number of aromatic nitrogens is 2. The molecule has 0 aromatic carbocycles. The maximum atomic E-state index is 10.7. The van der Waals surface area contributed by atoms with Gasteiger partial charge in [-0.2, -0.15) is 5.10 Å². The van der Waals surface area contributed by atoms with E-state index in [4.69, 9.17) is 16.3 Å². The van der Waals surface area contributed by atoms with Crippen LogP contribution in [-0.4, -0.2) is 21.8 Å². The van der Waals surface area contributed by atoms with E-state index < -0.39 is 4.92 Å². The van der Waals surface area contributed by atoms with Gasteiger partial charge < -0.3 is 4.74 Å². The number of halogens is 1. The molecule has 0 saturated heterocycles. The molecule has 0 unspecified atom stereocenters. The van der Waals surface area contributed by atoms with Crippen LogP contribution in [0.2, 0.25) is 5.15 Å². The summed E-state index contributed by atoms with van der Waals surface area (Å²) in [5.74, 6) is 0. The average Bonchev–Trinajstić information content (AvgIpc) is 2.45. The van der Waals surface area contributed by atoms with Crippen molar-refractivity contribution in [3.8, 4) is 0 Å². The van der Waals surface area contributed by atoms with Crippen LogP contribution in [0.5, 0.6) is 0 Å². The molecule has 84 valence electrons. The van der Waals surface area contributed by atoms with Crippen LogP contribution in [-0.2, 0) is 17.9 Å². The van der Waals surface area contributed by atoms with E-state index in [1.54, 1.807) is 0 Å². The zero-order valence-corrected chi connectivity index (χ0v) is 9.32. The fraction of sp³-hybridized carbons (Fsp3) is 0.625. The molecule has 0 fully saturated rings. The van der Waals surface area contributed by atoms with E-state index in [1.165, 1.54) is 11.8 Å². The highest BCUT2D eigenvalue weighted by Crippen LogP contribution is 2.28. The molecule has 1 rings (SSSR count). The van der Waals surface area contributed by atoms with Gasteiger partial charge >= 0.3 is 5.69 Å². The van der Waals surface area contributed by atoms with Gasteiger partial charge in [-0.15, -0.1) is 0 Å². The lowest BCUT2D eigenvalue weighted by atomic mass is 10.4. The van der Waals surface area contributed by atoms with E-state index in [0.717, 1.165) is 6.42 Å². The summed E-state index contributed by atoms with van der Waals surface area (Å²) in [6.45, 7) is 2.59. The van der Waals surface area contributed by atoms with E-state index in [9.17, 15) is 10.1 Å². The molecule has 0 spiro atoms. The van der Waals surface area contributed by atoms with E-state index >= 15 is 0 Å². The Labute approximate surface area is 91.9 Å². The number of nitrogens with zero attached hydrogens (tertiary/aromatic N) is 3. The van der Waals surface area contributed by atoms with Gasteiger partial charge in [0.15, 0.2) is 5.69 Å². The summed E-state index contributed by atoms with van der Waals surface area (Å²) in [6, 6.07) is 0. The lowest BCUT2D eigenvalue weighted by Crippen LogP contribution is -2.00. The van der Waals surface area contributed by atoms with Crippen molar-refractivity contribution in [2.24, 2.45) is 0 Å². The Balaban J connectivity index is 3.13. The molecular weight excluding hydrogens is 222 g/mol. The Morgan fingerprint density at radius 1 is 1.67 bits per heavy atom. The molecule has 0 radical (unpaired) electrons. The summed E-state index contributed by atoms with van der Waals surface area (Å²) in [5.41, 5.74) is 0.105. The molecule has 6 nitrogen and oxygen atoms in total. The SMILES string of the molecule is CCCn1nc(COC)c([N+](=O)[O-])c1Cl. The first-order valence-corrected chi connectivity index (χ1v) is 4.88. The minimum absolute atomic E-state index is 0.0638. The number of methoxy groups -OCH3 is 1. The summed E-state index contributed by atoms with van der Waals surface area (Å²) in [6.07, 6.45) is 0.810. The highest BCUT2D eigenvalue weighted by atomic mass is 35.5. The third-order valence-corrected chi connectivity index (χ3v) is 2.21. The van der Waals surface area contributed by atoms with Gasteiger partial charge in [0.05, 0.1) is 11.5 Å². The Hall–Kier alpha value is -1.14. The highest BCUT2D eigenvalue weighted by Gasteiger charge is 2.25.